The third kappa shape index (κ3) is 22.6. The molecule has 88 valence electrons. The van der Waals surface area contributed by atoms with Crippen LogP contribution in [-0.2, 0) is 10.1 Å². The van der Waals surface area contributed by atoms with Gasteiger partial charge in [0, 0.05) is 6.54 Å². The molecule has 0 aromatic carbocycles. The van der Waals surface area contributed by atoms with Crippen LogP contribution in [0.25, 0.3) is 0 Å². The number of hydrogen-bond acceptors (Lipinski definition) is 4. The predicted octanol–water partition coefficient (Wildman–Crippen LogP) is -1.48. The third-order valence-electron chi connectivity index (χ3n) is 1.15. The van der Waals surface area contributed by atoms with Crippen molar-refractivity contribution in [2.24, 2.45) is 5.73 Å². The number of aliphatic hydroxyl groups is 1. The van der Waals surface area contributed by atoms with Gasteiger partial charge >= 0.3 is 0 Å². The summed E-state index contributed by atoms with van der Waals surface area (Å²) in [4.78, 5) is 0. The molecule has 0 bridgehead atoms. The van der Waals surface area contributed by atoms with E-state index in [2.05, 4.69) is 21.1 Å². The Balaban J connectivity index is 0. The van der Waals surface area contributed by atoms with E-state index in [1.54, 1.807) is 0 Å². The van der Waals surface area contributed by atoms with Crippen LogP contribution in [0, 0.1) is 0 Å². The van der Waals surface area contributed by atoms with E-state index in [0.29, 0.717) is 0 Å². The highest BCUT2D eigenvalue weighted by atomic mass is 32.2. The monoisotopic (exact) mass is 229 g/mol. The molecule has 6 nitrogen and oxygen atoms in total. The number of hydrogen-bond donors (Lipinski definition) is 3. The van der Waals surface area contributed by atoms with Crippen LogP contribution in [0.2, 0.25) is 0 Å². The Bertz CT molecular complexity index is 220. The Labute approximate surface area is 85.7 Å². The van der Waals surface area contributed by atoms with Gasteiger partial charge in [0.1, 0.15) is 6.54 Å². The summed E-state index contributed by atoms with van der Waals surface area (Å²) in [5, 5.41) is 8.39. The van der Waals surface area contributed by atoms with Gasteiger partial charge in [0.2, 0.25) is 0 Å². The molecule has 0 fully saturated rings. The quantitative estimate of drug-likeness (QED) is 0.403. The van der Waals surface area contributed by atoms with Gasteiger partial charge in [-0.2, -0.15) is 8.42 Å². The highest BCUT2D eigenvalue weighted by Gasteiger charge is 2.02. The van der Waals surface area contributed by atoms with Gasteiger partial charge in [-0.15, -0.1) is 0 Å². The summed E-state index contributed by atoms with van der Waals surface area (Å²) in [5.74, 6) is -0.354. The molecule has 0 aromatic heterocycles. The number of nitrogens with zero attached hydrogens (tertiary/aromatic N) is 1. The van der Waals surface area contributed by atoms with Gasteiger partial charge in [0.15, 0.2) is 0 Å². The van der Waals surface area contributed by atoms with Gasteiger partial charge in [0.25, 0.3) is 10.1 Å². The Hall–Kier alpha value is -0.210. The van der Waals surface area contributed by atoms with E-state index >= 15 is 0 Å². The van der Waals surface area contributed by atoms with E-state index < -0.39 is 10.1 Å². The molecule has 0 atom stereocenters. The van der Waals surface area contributed by atoms with E-state index in [-0.39, 0.29) is 18.9 Å². The van der Waals surface area contributed by atoms with Gasteiger partial charge in [-0.25, -0.2) is 0 Å². The Morgan fingerprint density at radius 1 is 1.29 bits per heavy atom. The highest BCUT2D eigenvalue weighted by molar-refractivity contribution is 7.85. The normalized spacial score (nSPS) is 11.9. The lowest BCUT2D eigenvalue weighted by atomic mass is 10.5. The average Bonchev–Trinajstić information content (AvgIpc) is 1.81. The zero-order valence-corrected chi connectivity index (χ0v) is 9.79. The van der Waals surface area contributed by atoms with Crippen molar-refractivity contribution in [2.75, 3.05) is 46.6 Å². The summed E-state index contributed by atoms with van der Waals surface area (Å²) in [6.45, 7) is 1.09. The van der Waals surface area contributed by atoms with E-state index in [1.807, 2.05) is 0 Å². The second-order valence-corrected chi connectivity index (χ2v) is 5.38. The van der Waals surface area contributed by atoms with Crippen LogP contribution in [0.1, 0.15) is 0 Å². The zero-order chi connectivity index (χ0) is 11.8. The lowest BCUT2D eigenvalue weighted by Gasteiger charge is -2.21. The molecule has 7 heteroatoms. The first-order chi connectivity index (χ1) is 6.12. The van der Waals surface area contributed by atoms with E-state index in [1.165, 1.54) is 0 Å². The molecule has 0 radical (unpaired) electrons. The first-order valence-corrected chi connectivity index (χ1v) is 5.80. The molecule has 0 saturated carbocycles. The minimum atomic E-state index is -3.80. The SMILES string of the molecule is C[N+](C)(C)CCO.NCCS(=O)(=O)O. The molecule has 0 aliphatic heterocycles. The highest BCUT2D eigenvalue weighted by Crippen LogP contribution is 1.84. The molecule has 0 saturated heterocycles. The molecule has 0 amide bonds. The average molecular weight is 229 g/mol. The number of likely N-dealkylation sites (N-methyl/N-ethyl adjacent to an activating group) is 1. The van der Waals surface area contributed by atoms with Gasteiger partial charge < -0.3 is 15.3 Å². The van der Waals surface area contributed by atoms with Gasteiger partial charge in [0.05, 0.1) is 33.5 Å². The van der Waals surface area contributed by atoms with Gasteiger partial charge in [-0.05, 0) is 0 Å². The minimum Gasteiger partial charge on any atom is -0.391 e. The van der Waals surface area contributed by atoms with Crippen LogP contribution in [0.4, 0.5) is 0 Å². The Kier molecular flexibility index (Phi) is 8.27. The Morgan fingerprint density at radius 3 is 1.71 bits per heavy atom. The van der Waals surface area contributed by atoms with Crippen LogP contribution in [0.5, 0.6) is 0 Å². The van der Waals surface area contributed by atoms with Crippen molar-refractivity contribution in [3.63, 3.8) is 0 Å². The summed E-state index contributed by atoms with van der Waals surface area (Å²) >= 11 is 0. The number of aliphatic hydroxyl groups excluding tert-OH is 1. The van der Waals surface area contributed by atoms with Gasteiger partial charge in [-0.1, -0.05) is 0 Å². The van der Waals surface area contributed by atoms with Crippen LogP contribution < -0.4 is 5.73 Å². The minimum absolute atomic E-state index is 0.0289. The van der Waals surface area contributed by atoms with Crippen LogP contribution in [0.15, 0.2) is 0 Å². The smallest absolute Gasteiger partial charge is 0.266 e. The predicted molar refractivity (Wildman–Crippen MR) is 55.5 cm³/mol. The van der Waals surface area contributed by atoms with Crippen molar-refractivity contribution in [3.8, 4) is 0 Å². The van der Waals surface area contributed by atoms with E-state index in [9.17, 15) is 8.42 Å². The second-order valence-electron chi connectivity index (χ2n) is 3.81. The van der Waals surface area contributed by atoms with Gasteiger partial charge in [-0.3, -0.25) is 4.55 Å². The van der Waals surface area contributed by atoms with E-state index in [4.69, 9.17) is 15.4 Å². The fourth-order valence-electron chi connectivity index (χ4n) is 0.449. The van der Waals surface area contributed by atoms with Crippen molar-refractivity contribution in [1.82, 2.24) is 0 Å². The molecule has 14 heavy (non-hydrogen) atoms. The fourth-order valence-corrected chi connectivity index (χ4v) is 0.747. The van der Waals surface area contributed by atoms with Crippen LogP contribution in [0.3, 0.4) is 0 Å². The van der Waals surface area contributed by atoms with Crippen molar-refractivity contribution < 1.29 is 22.6 Å². The summed E-state index contributed by atoms with van der Waals surface area (Å²) in [6.07, 6.45) is 0. The molecular formula is C7H21N2O4S+. The molecule has 4 N–H and O–H groups in total. The number of rotatable bonds is 4. The maximum atomic E-state index is 9.71. The fraction of sp³-hybridized carbons (Fsp3) is 1.00. The third-order valence-corrected chi connectivity index (χ3v) is 1.90. The van der Waals surface area contributed by atoms with Crippen molar-refractivity contribution >= 4 is 10.1 Å². The zero-order valence-electron chi connectivity index (χ0n) is 8.97. The van der Waals surface area contributed by atoms with Crippen LogP contribution in [-0.4, -0.2) is 69.2 Å². The van der Waals surface area contributed by atoms with Crippen molar-refractivity contribution in [3.05, 3.63) is 0 Å². The maximum Gasteiger partial charge on any atom is 0.266 e. The standard InChI is InChI=1S/C5H14NO.C2H7NO3S/c1-6(2,3)4-5-7;3-1-2-7(4,5)6/h7H,4-5H2,1-3H3;1-3H2,(H,4,5,6)/q+1;. The molecule has 0 aromatic rings. The Morgan fingerprint density at radius 2 is 1.71 bits per heavy atom. The topological polar surface area (TPSA) is 101 Å². The summed E-state index contributed by atoms with van der Waals surface area (Å²) < 4.78 is 28.2. The molecular weight excluding hydrogens is 208 g/mol. The lowest BCUT2D eigenvalue weighted by Crippen LogP contribution is -2.36. The molecule has 0 heterocycles. The molecule has 0 aliphatic rings. The summed E-state index contributed by atoms with van der Waals surface area (Å²) in [6, 6.07) is 0. The maximum absolute atomic E-state index is 9.71. The second kappa shape index (κ2) is 7.13. The molecule has 0 rings (SSSR count). The van der Waals surface area contributed by atoms with Crippen LogP contribution >= 0.6 is 0 Å². The summed E-state index contributed by atoms with van der Waals surface area (Å²) in [7, 11) is 2.36. The summed E-state index contributed by atoms with van der Waals surface area (Å²) in [5.41, 5.74) is 4.78. The lowest BCUT2D eigenvalue weighted by molar-refractivity contribution is -0.870. The largest absolute Gasteiger partial charge is 0.391 e. The van der Waals surface area contributed by atoms with Crippen molar-refractivity contribution in [1.29, 1.82) is 0 Å². The molecule has 0 aliphatic carbocycles. The first-order valence-electron chi connectivity index (χ1n) is 4.19. The van der Waals surface area contributed by atoms with E-state index in [0.717, 1.165) is 11.0 Å². The molecule has 0 spiro atoms. The van der Waals surface area contributed by atoms with Crippen molar-refractivity contribution in [2.45, 2.75) is 0 Å². The number of nitrogens with two attached hydrogens (primary N) is 1. The molecule has 0 unspecified atom stereocenters. The first kappa shape index (κ1) is 16.2. The number of quaternary nitrogens is 1.